The van der Waals surface area contributed by atoms with Gasteiger partial charge in [-0.25, -0.2) is 0 Å². The van der Waals surface area contributed by atoms with Crippen LogP contribution in [0.15, 0.2) is 30.3 Å². The molecular weight excluding hydrogens is 188 g/mol. The van der Waals surface area contributed by atoms with E-state index in [-0.39, 0.29) is 0 Å². The summed E-state index contributed by atoms with van der Waals surface area (Å²) in [4.78, 5) is 0. The Kier molecular flexibility index (Phi) is 5.37. The van der Waals surface area contributed by atoms with Crippen LogP contribution in [0, 0.1) is 5.92 Å². The lowest BCUT2D eigenvalue weighted by atomic mass is 10.1. The molecule has 0 radical (unpaired) electrons. The lowest BCUT2D eigenvalue weighted by Crippen LogP contribution is -2.09. The highest BCUT2D eigenvalue weighted by molar-refractivity contribution is 5.17. The molecule has 0 saturated carbocycles. The molecule has 1 rings (SSSR count). The molecule has 0 saturated heterocycles. The van der Waals surface area contributed by atoms with E-state index in [1.807, 2.05) is 30.3 Å². The molecule has 1 atom stereocenters. The fourth-order valence-corrected chi connectivity index (χ4v) is 1.29. The van der Waals surface area contributed by atoms with Crippen molar-refractivity contribution in [1.82, 2.24) is 0 Å². The van der Waals surface area contributed by atoms with Gasteiger partial charge in [0, 0.05) is 6.61 Å². The first-order valence-electron chi connectivity index (χ1n) is 5.51. The van der Waals surface area contributed by atoms with Gasteiger partial charge in [-0.05, 0) is 17.9 Å². The molecule has 0 bridgehead atoms. The molecule has 1 aromatic carbocycles. The molecule has 1 aromatic rings. The summed E-state index contributed by atoms with van der Waals surface area (Å²) in [5.74, 6) is 0.652. The maximum atomic E-state index is 9.76. The van der Waals surface area contributed by atoms with Crippen molar-refractivity contribution in [2.75, 3.05) is 13.2 Å². The van der Waals surface area contributed by atoms with Crippen LogP contribution in [0.3, 0.4) is 0 Å². The Bertz CT molecular complexity index is 256. The average Bonchev–Trinajstić information content (AvgIpc) is 2.25. The van der Waals surface area contributed by atoms with E-state index in [0.717, 1.165) is 18.6 Å². The van der Waals surface area contributed by atoms with Crippen LogP contribution in [0.1, 0.15) is 31.9 Å². The van der Waals surface area contributed by atoms with Gasteiger partial charge in [-0.3, -0.25) is 0 Å². The van der Waals surface area contributed by atoms with E-state index in [4.69, 9.17) is 4.74 Å². The average molecular weight is 208 g/mol. The molecule has 0 aliphatic rings. The lowest BCUT2D eigenvalue weighted by molar-refractivity contribution is 0.0319. The lowest BCUT2D eigenvalue weighted by Gasteiger charge is -2.12. The second-order valence-corrected chi connectivity index (χ2v) is 4.18. The minimum atomic E-state index is -0.502. The van der Waals surface area contributed by atoms with Crippen molar-refractivity contribution in [2.24, 2.45) is 5.92 Å². The van der Waals surface area contributed by atoms with Gasteiger partial charge in [0.2, 0.25) is 0 Å². The summed E-state index contributed by atoms with van der Waals surface area (Å²) in [5.41, 5.74) is 0.919. The van der Waals surface area contributed by atoms with Crippen LogP contribution in [0.4, 0.5) is 0 Å². The van der Waals surface area contributed by atoms with Gasteiger partial charge in [0.25, 0.3) is 0 Å². The van der Waals surface area contributed by atoms with Gasteiger partial charge >= 0.3 is 0 Å². The zero-order valence-electron chi connectivity index (χ0n) is 9.52. The maximum absolute atomic E-state index is 9.76. The topological polar surface area (TPSA) is 29.5 Å². The summed E-state index contributed by atoms with van der Waals surface area (Å²) in [6.07, 6.45) is 0.542. The molecule has 0 aromatic heterocycles. The third-order valence-corrected chi connectivity index (χ3v) is 2.30. The minimum absolute atomic E-state index is 0.386. The van der Waals surface area contributed by atoms with Crippen molar-refractivity contribution in [3.8, 4) is 0 Å². The van der Waals surface area contributed by atoms with Crippen LogP contribution in [-0.2, 0) is 4.74 Å². The minimum Gasteiger partial charge on any atom is -0.386 e. The van der Waals surface area contributed by atoms with Crippen molar-refractivity contribution in [3.63, 3.8) is 0 Å². The molecule has 0 amide bonds. The van der Waals surface area contributed by atoms with Crippen molar-refractivity contribution in [2.45, 2.75) is 26.4 Å². The van der Waals surface area contributed by atoms with E-state index in [0.29, 0.717) is 12.5 Å². The third kappa shape index (κ3) is 4.96. The molecule has 0 aliphatic heterocycles. The zero-order valence-corrected chi connectivity index (χ0v) is 9.52. The second kappa shape index (κ2) is 6.59. The highest BCUT2D eigenvalue weighted by Gasteiger charge is 2.06. The number of benzene rings is 1. The molecule has 2 heteroatoms. The first-order chi connectivity index (χ1) is 7.20. The van der Waals surface area contributed by atoms with E-state index in [1.54, 1.807) is 0 Å². The van der Waals surface area contributed by atoms with E-state index in [2.05, 4.69) is 13.8 Å². The molecule has 1 unspecified atom stereocenters. The van der Waals surface area contributed by atoms with E-state index in [9.17, 15) is 5.11 Å². The summed E-state index contributed by atoms with van der Waals surface area (Å²) in [7, 11) is 0. The van der Waals surface area contributed by atoms with Crippen LogP contribution in [0.25, 0.3) is 0 Å². The standard InChI is InChI=1S/C13H20O2/c1-11(2)8-9-15-10-13(14)12-6-4-3-5-7-12/h3-7,11,13-14H,8-10H2,1-2H3. The first kappa shape index (κ1) is 12.2. The Morgan fingerprint density at radius 1 is 1.20 bits per heavy atom. The fraction of sp³-hybridized carbons (Fsp3) is 0.538. The smallest absolute Gasteiger partial charge is 0.102 e. The number of hydrogen-bond donors (Lipinski definition) is 1. The second-order valence-electron chi connectivity index (χ2n) is 4.18. The van der Waals surface area contributed by atoms with Crippen molar-refractivity contribution >= 4 is 0 Å². The fourth-order valence-electron chi connectivity index (χ4n) is 1.29. The van der Waals surface area contributed by atoms with Crippen LogP contribution in [0.2, 0.25) is 0 Å². The van der Waals surface area contributed by atoms with Crippen LogP contribution in [0.5, 0.6) is 0 Å². The number of ether oxygens (including phenoxy) is 1. The molecule has 0 spiro atoms. The number of aliphatic hydroxyl groups is 1. The van der Waals surface area contributed by atoms with Gasteiger partial charge < -0.3 is 9.84 Å². The van der Waals surface area contributed by atoms with Gasteiger partial charge in [-0.2, -0.15) is 0 Å². The van der Waals surface area contributed by atoms with Crippen LogP contribution < -0.4 is 0 Å². The third-order valence-electron chi connectivity index (χ3n) is 2.30. The van der Waals surface area contributed by atoms with Gasteiger partial charge in [0.15, 0.2) is 0 Å². The SMILES string of the molecule is CC(C)CCOCC(O)c1ccccc1. The van der Waals surface area contributed by atoms with E-state index < -0.39 is 6.10 Å². The summed E-state index contributed by atoms with van der Waals surface area (Å²) in [6, 6.07) is 9.61. The zero-order chi connectivity index (χ0) is 11.1. The van der Waals surface area contributed by atoms with Crippen LogP contribution >= 0.6 is 0 Å². The number of rotatable bonds is 6. The monoisotopic (exact) mass is 208 g/mol. The van der Waals surface area contributed by atoms with E-state index in [1.165, 1.54) is 0 Å². The summed E-state index contributed by atoms with van der Waals surface area (Å²) >= 11 is 0. The Balaban J connectivity index is 2.22. The normalized spacial score (nSPS) is 13.1. The molecule has 0 heterocycles. The number of hydrogen-bond acceptors (Lipinski definition) is 2. The summed E-state index contributed by atoms with van der Waals surface area (Å²) in [5, 5.41) is 9.76. The Morgan fingerprint density at radius 2 is 1.87 bits per heavy atom. The Labute approximate surface area is 91.9 Å². The Hall–Kier alpha value is -0.860. The first-order valence-corrected chi connectivity index (χ1v) is 5.51. The molecule has 1 N–H and O–H groups in total. The van der Waals surface area contributed by atoms with Crippen molar-refractivity contribution in [3.05, 3.63) is 35.9 Å². The van der Waals surface area contributed by atoms with Crippen molar-refractivity contribution < 1.29 is 9.84 Å². The quantitative estimate of drug-likeness (QED) is 0.728. The molecule has 0 fully saturated rings. The maximum Gasteiger partial charge on any atom is 0.102 e. The highest BCUT2D eigenvalue weighted by atomic mass is 16.5. The largest absolute Gasteiger partial charge is 0.386 e. The molecule has 15 heavy (non-hydrogen) atoms. The summed E-state index contributed by atoms with van der Waals surface area (Å²) in [6.45, 7) is 5.44. The Morgan fingerprint density at radius 3 is 2.47 bits per heavy atom. The summed E-state index contributed by atoms with van der Waals surface area (Å²) < 4.78 is 5.41. The van der Waals surface area contributed by atoms with Gasteiger partial charge in [0.05, 0.1) is 6.61 Å². The molecule has 84 valence electrons. The highest BCUT2D eigenvalue weighted by Crippen LogP contribution is 2.12. The molecule has 0 aliphatic carbocycles. The van der Waals surface area contributed by atoms with Gasteiger partial charge in [-0.15, -0.1) is 0 Å². The van der Waals surface area contributed by atoms with Crippen LogP contribution in [-0.4, -0.2) is 18.3 Å². The van der Waals surface area contributed by atoms with Gasteiger partial charge in [0.1, 0.15) is 6.10 Å². The predicted molar refractivity (Wildman–Crippen MR) is 61.7 cm³/mol. The molecule has 2 nitrogen and oxygen atoms in total. The number of aliphatic hydroxyl groups excluding tert-OH is 1. The van der Waals surface area contributed by atoms with Gasteiger partial charge in [-0.1, -0.05) is 44.2 Å². The van der Waals surface area contributed by atoms with E-state index >= 15 is 0 Å². The predicted octanol–water partition coefficient (Wildman–Crippen LogP) is 2.78. The molecular formula is C13H20O2. The van der Waals surface area contributed by atoms with Crippen molar-refractivity contribution in [1.29, 1.82) is 0 Å².